The van der Waals surface area contributed by atoms with Crippen molar-refractivity contribution in [2.45, 2.75) is 33.6 Å². The Morgan fingerprint density at radius 2 is 1.78 bits per heavy atom. The van der Waals surface area contributed by atoms with Crippen LogP contribution in [0.25, 0.3) is 23.1 Å². The van der Waals surface area contributed by atoms with E-state index in [1.165, 1.54) is 11.1 Å². The van der Waals surface area contributed by atoms with Crippen LogP contribution in [0.1, 0.15) is 48.0 Å². The molecule has 3 aromatic rings. The van der Waals surface area contributed by atoms with Crippen molar-refractivity contribution in [3.8, 4) is 0 Å². The van der Waals surface area contributed by atoms with Gasteiger partial charge in [0.15, 0.2) is 5.82 Å². The number of benzene rings is 1. The summed E-state index contributed by atoms with van der Waals surface area (Å²) in [6.45, 7) is 8.60. The van der Waals surface area contributed by atoms with Crippen LogP contribution in [0.15, 0.2) is 36.7 Å². The van der Waals surface area contributed by atoms with Crippen molar-refractivity contribution in [3.05, 3.63) is 64.9 Å². The molecule has 0 aliphatic heterocycles. The molecule has 0 atom stereocenters. The number of aromatic nitrogens is 3. The molecule has 23 heavy (non-hydrogen) atoms. The molecule has 0 radical (unpaired) electrons. The van der Waals surface area contributed by atoms with Crippen LogP contribution in [-0.4, -0.2) is 15.0 Å². The molecule has 0 unspecified atom stereocenters. The molecule has 3 rings (SSSR count). The van der Waals surface area contributed by atoms with Crippen molar-refractivity contribution < 1.29 is 0 Å². The summed E-state index contributed by atoms with van der Waals surface area (Å²) >= 11 is 0. The van der Waals surface area contributed by atoms with E-state index in [4.69, 9.17) is 9.97 Å². The van der Waals surface area contributed by atoms with Gasteiger partial charge in [-0.15, -0.1) is 0 Å². The fourth-order valence-electron chi connectivity index (χ4n) is 2.59. The van der Waals surface area contributed by atoms with Gasteiger partial charge < -0.3 is 0 Å². The standard InChI is InChI=1S/C20H21N3/c1-13(2)20-17-10-14(3)15(4)11-18(17)22-19(23-20)8-7-16-6-5-9-21-12-16/h5-13H,1-4H3/b8-7+. The Labute approximate surface area is 137 Å². The summed E-state index contributed by atoms with van der Waals surface area (Å²) in [5, 5.41) is 1.15. The van der Waals surface area contributed by atoms with Crippen LogP contribution in [0.3, 0.4) is 0 Å². The highest BCUT2D eigenvalue weighted by Gasteiger charge is 2.11. The molecule has 0 amide bonds. The van der Waals surface area contributed by atoms with Gasteiger partial charge >= 0.3 is 0 Å². The minimum atomic E-state index is 0.355. The van der Waals surface area contributed by atoms with Gasteiger partial charge in [-0.1, -0.05) is 19.9 Å². The maximum absolute atomic E-state index is 4.77. The normalized spacial score (nSPS) is 11.7. The van der Waals surface area contributed by atoms with E-state index in [0.29, 0.717) is 5.92 Å². The summed E-state index contributed by atoms with van der Waals surface area (Å²) in [6.07, 6.45) is 7.55. The summed E-state index contributed by atoms with van der Waals surface area (Å²) in [5.41, 5.74) is 5.69. The zero-order valence-electron chi connectivity index (χ0n) is 14.0. The quantitative estimate of drug-likeness (QED) is 0.688. The average Bonchev–Trinajstić information content (AvgIpc) is 2.54. The molecule has 2 aromatic heterocycles. The Bertz CT molecular complexity index is 865. The first-order valence-corrected chi connectivity index (χ1v) is 7.91. The smallest absolute Gasteiger partial charge is 0.152 e. The van der Waals surface area contributed by atoms with Crippen molar-refractivity contribution in [1.29, 1.82) is 0 Å². The third-order valence-corrected chi connectivity index (χ3v) is 4.01. The maximum atomic E-state index is 4.77. The summed E-state index contributed by atoms with van der Waals surface area (Å²) < 4.78 is 0. The SMILES string of the molecule is Cc1cc2nc(/C=C/c3cccnc3)nc(C(C)C)c2cc1C. The zero-order valence-corrected chi connectivity index (χ0v) is 14.0. The van der Waals surface area contributed by atoms with E-state index in [2.05, 4.69) is 44.8 Å². The Morgan fingerprint density at radius 1 is 1.00 bits per heavy atom. The number of nitrogens with zero attached hydrogens (tertiary/aromatic N) is 3. The van der Waals surface area contributed by atoms with Gasteiger partial charge in [-0.3, -0.25) is 4.98 Å². The summed E-state index contributed by atoms with van der Waals surface area (Å²) in [5.74, 6) is 1.10. The summed E-state index contributed by atoms with van der Waals surface area (Å²) in [7, 11) is 0. The molecule has 0 aliphatic carbocycles. The highest BCUT2D eigenvalue weighted by atomic mass is 14.9. The van der Waals surface area contributed by atoms with Gasteiger partial charge in [-0.05, 0) is 66.8 Å². The zero-order chi connectivity index (χ0) is 16.4. The Kier molecular flexibility index (Phi) is 4.20. The number of rotatable bonds is 3. The third-order valence-electron chi connectivity index (χ3n) is 4.01. The van der Waals surface area contributed by atoms with E-state index < -0.39 is 0 Å². The van der Waals surface area contributed by atoms with E-state index in [1.54, 1.807) is 6.20 Å². The van der Waals surface area contributed by atoms with Gasteiger partial charge in [0.25, 0.3) is 0 Å². The van der Waals surface area contributed by atoms with E-state index in [1.807, 2.05) is 30.5 Å². The third kappa shape index (κ3) is 3.29. The number of pyridine rings is 1. The topological polar surface area (TPSA) is 38.7 Å². The molecule has 116 valence electrons. The lowest BCUT2D eigenvalue weighted by Crippen LogP contribution is -2.00. The van der Waals surface area contributed by atoms with Crippen molar-refractivity contribution in [2.24, 2.45) is 0 Å². The predicted molar refractivity (Wildman–Crippen MR) is 96.3 cm³/mol. The second-order valence-electron chi connectivity index (χ2n) is 6.20. The summed E-state index contributed by atoms with van der Waals surface area (Å²) in [6, 6.07) is 8.29. The van der Waals surface area contributed by atoms with E-state index in [-0.39, 0.29) is 0 Å². The lowest BCUT2D eigenvalue weighted by atomic mass is 10.0. The van der Waals surface area contributed by atoms with Crippen LogP contribution < -0.4 is 0 Å². The minimum Gasteiger partial charge on any atom is -0.264 e. The molecule has 0 spiro atoms. The maximum Gasteiger partial charge on any atom is 0.152 e. The second kappa shape index (κ2) is 6.29. The molecule has 0 saturated heterocycles. The average molecular weight is 303 g/mol. The van der Waals surface area contributed by atoms with Gasteiger partial charge in [-0.2, -0.15) is 0 Å². The minimum absolute atomic E-state index is 0.355. The molecule has 0 N–H and O–H groups in total. The Balaban J connectivity index is 2.11. The van der Waals surface area contributed by atoms with Gasteiger partial charge in [0, 0.05) is 17.8 Å². The lowest BCUT2D eigenvalue weighted by Gasteiger charge is -2.12. The second-order valence-corrected chi connectivity index (χ2v) is 6.20. The first-order valence-electron chi connectivity index (χ1n) is 7.91. The van der Waals surface area contributed by atoms with Gasteiger partial charge in [0.05, 0.1) is 11.2 Å². The predicted octanol–water partition coefficient (Wildman–Crippen LogP) is 4.94. The van der Waals surface area contributed by atoms with Crippen LogP contribution in [0.4, 0.5) is 0 Å². The molecule has 0 bridgehead atoms. The molecule has 2 heterocycles. The van der Waals surface area contributed by atoms with Crippen molar-refractivity contribution in [1.82, 2.24) is 15.0 Å². The van der Waals surface area contributed by atoms with Crippen LogP contribution in [0.5, 0.6) is 0 Å². The molecular formula is C20H21N3. The molecule has 0 saturated carbocycles. The van der Waals surface area contributed by atoms with Gasteiger partial charge in [0.1, 0.15) is 0 Å². The number of fused-ring (bicyclic) bond motifs is 1. The lowest BCUT2D eigenvalue weighted by molar-refractivity contribution is 0.825. The van der Waals surface area contributed by atoms with E-state index in [0.717, 1.165) is 28.0 Å². The van der Waals surface area contributed by atoms with E-state index >= 15 is 0 Å². The first kappa shape index (κ1) is 15.3. The summed E-state index contributed by atoms with van der Waals surface area (Å²) in [4.78, 5) is 13.6. The fraction of sp³-hybridized carbons (Fsp3) is 0.250. The van der Waals surface area contributed by atoms with Crippen LogP contribution in [0.2, 0.25) is 0 Å². The number of hydrogen-bond acceptors (Lipinski definition) is 3. The van der Waals surface area contributed by atoms with Crippen molar-refractivity contribution >= 4 is 23.1 Å². The van der Waals surface area contributed by atoms with Crippen LogP contribution in [0, 0.1) is 13.8 Å². The molecule has 1 aromatic carbocycles. The molecule has 0 fully saturated rings. The first-order chi connectivity index (χ1) is 11.0. The fourth-order valence-corrected chi connectivity index (χ4v) is 2.59. The van der Waals surface area contributed by atoms with Crippen molar-refractivity contribution in [2.75, 3.05) is 0 Å². The Morgan fingerprint density at radius 3 is 2.48 bits per heavy atom. The van der Waals surface area contributed by atoms with Crippen LogP contribution in [-0.2, 0) is 0 Å². The largest absolute Gasteiger partial charge is 0.264 e. The Hall–Kier alpha value is -2.55. The monoisotopic (exact) mass is 303 g/mol. The molecule has 3 nitrogen and oxygen atoms in total. The molecule has 3 heteroatoms. The number of aryl methyl sites for hydroxylation is 2. The van der Waals surface area contributed by atoms with E-state index in [9.17, 15) is 0 Å². The van der Waals surface area contributed by atoms with Gasteiger partial charge in [0.2, 0.25) is 0 Å². The van der Waals surface area contributed by atoms with Gasteiger partial charge in [-0.25, -0.2) is 9.97 Å². The number of hydrogen-bond donors (Lipinski definition) is 0. The highest BCUT2D eigenvalue weighted by Crippen LogP contribution is 2.26. The highest BCUT2D eigenvalue weighted by molar-refractivity contribution is 5.84. The molecular weight excluding hydrogens is 282 g/mol. The van der Waals surface area contributed by atoms with Crippen molar-refractivity contribution in [3.63, 3.8) is 0 Å². The van der Waals surface area contributed by atoms with Crippen LogP contribution >= 0.6 is 0 Å². The molecule has 0 aliphatic rings.